The summed E-state index contributed by atoms with van der Waals surface area (Å²) in [6, 6.07) is 15.9. The van der Waals surface area contributed by atoms with E-state index in [1.54, 1.807) is 0 Å². The summed E-state index contributed by atoms with van der Waals surface area (Å²) in [7, 11) is 0. The van der Waals surface area contributed by atoms with Gasteiger partial charge in [-0.25, -0.2) is 9.59 Å². The molecule has 3 N–H and O–H groups in total. The molecule has 0 radical (unpaired) electrons. The van der Waals surface area contributed by atoms with Gasteiger partial charge in [0.15, 0.2) is 0 Å². The molecule has 2 aliphatic carbocycles. The van der Waals surface area contributed by atoms with Crippen LogP contribution in [-0.4, -0.2) is 47.7 Å². The van der Waals surface area contributed by atoms with Gasteiger partial charge in [0, 0.05) is 12.3 Å². The molecule has 0 bridgehead atoms. The minimum atomic E-state index is -4.06. The smallest absolute Gasteiger partial charge is 0.407 e. The maximum absolute atomic E-state index is 13.3. The van der Waals surface area contributed by atoms with E-state index in [0.29, 0.717) is 12.8 Å². The Morgan fingerprint density at radius 2 is 1.56 bits per heavy atom. The van der Waals surface area contributed by atoms with Gasteiger partial charge in [-0.15, -0.1) is 0 Å². The van der Waals surface area contributed by atoms with Crippen molar-refractivity contribution in [3.05, 3.63) is 59.7 Å². The normalized spacial score (nSPS) is 16.4. The van der Waals surface area contributed by atoms with Crippen molar-refractivity contribution >= 4 is 18.0 Å². The van der Waals surface area contributed by atoms with Crippen molar-refractivity contribution in [2.24, 2.45) is 0 Å². The first-order valence-electron chi connectivity index (χ1n) is 11.2. The standard InChI is InChI=1S/C25H26F2N2O5/c26-25(27,22(31)32)15-28-21(30)13-24(11-5-6-12-24)29-23(33)34-14-20-18-9-3-1-7-16(18)17-8-2-4-10-19(17)20/h1-4,7-10,20H,5-6,11-15H2,(H,28,30)(H,29,33)(H,31,32). The van der Waals surface area contributed by atoms with Crippen LogP contribution >= 0.6 is 0 Å². The quantitative estimate of drug-likeness (QED) is 0.537. The van der Waals surface area contributed by atoms with Gasteiger partial charge in [-0.1, -0.05) is 61.4 Å². The number of alkyl halides is 2. The van der Waals surface area contributed by atoms with Crippen molar-refractivity contribution in [1.29, 1.82) is 0 Å². The number of nitrogens with one attached hydrogen (secondary N) is 2. The molecule has 0 aliphatic heterocycles. The molecule has 1 saturated carbocycles. The van der Waals surface area contributed by atoms with Crippen LogP contribution in [0.5, 0.6) is 0 Å². The molecule has 0 atom stereocenters. The average Bonchev–Trinajstić information content (AvgIpc) is 3.39. The first kappa shape index (κ1) is 23.7. The molecular formula is C25H26F2N2O5. The van der Waals surface area contributed by atoms with Crippen LogP contribution in [0.3, 0.4) is 0 Å². The van der Waals surface area contributed by atoms with Gasteiger partial charge in [-0.2, -0.15) is 8.78 Å². The van der Waals surface area contributed by atoms with E-state index in [4.69, 9.17) is 9.84 Å². The first-order valence-corrected chi connectivity index (χ1v) is 11.2. The van der Waals surface area contributed by atoms with Gasteiger partial charge in [-0.3, -0.25) is 4.79 Å². The average molecular weight is 472 g/mol. The van der Waals surface area contributed by atoms with Gasteiger partial charge < -0.3 is 20.5 Å². The Bertz CT molecular complexity index is 1050. The molecule has 2 aromatic rings. The Morgan fingerprint density at radius 1 is 1.00 bits per heavy atom. The van der Waals surface area contributed by atoms with E-state index >= 15 is 0 Å². The molecule has 0 saturated heterocycles. The molecule has 0 aromatic heterocycles. The number of alkyl carbamates (subject to hydrolysis) is 1. The summed E-state index contributed by atoms with van der Waals surface area (Å²) in [5.74, 6) is -7.22. The second-order valence-corrected chi connectivity index (χ2v) is 8.90. The molecule has 2 amide bonds. The number of aliphatic carboxylic acids is 1. The number of carbonyl (C=O) groups excluding carboxylic acids is 2. The van der Waals surface area contributed by atoms with Crippen LogP contribution in [0.2, 0.25) is 0 Å². The van der Waals surface area contributed by atoms with E-state index in [1.165, 1.54) is 0 Å². The van der Waals surface area contributed by atoms with Gasteiger partial charge in [-0.05, 0) is 35.1 Å². The zero-order chi connectivity index (χ0) is 24.3. The summed E-state index contributed by atoms with van der Waals surface area (Å²) in [6.45, 7) is -1.19. The number of hydrogen-bond donors (Lipinski definition) is 3. The third-order valence-corrected chi connectivity index (χ3v) is 6.59. The molecule has 2 aromatic carbocycles. The second-order valence-electron chi connectivity index (χ2n) is 8.90. The summed E-state index contributed by atoms with van der Waals surface area (Å²) >= 11 is 0. The lowest BCUT2D eigenvalue weighted by Gasteiger charge is -2.30. The number of halogens is 2. The number of fused-ring (bicyclic) bond motifs is 3. The summed E-state index contributed by atoms with van der Waals surface area (Å²) in [5, 5.41) is 13.3. The zero-order valence-electron chi connectivity index (χ0n) is 18.5. The summed E-state index contributed by atoms with van der Waals surface area (Å²) < 4.78 is 32.1. The Labute approximate surface area is 195 Å². The van der Waals surface area contributed by atoms with E-state index in [1.807, 2.05) is 53.8 Å². The summed E-state index contributed by atoms with van der Waals surface area (Å²) in [6.07, 6.45) is 1.63. The van der Waals surface area contributed by atoms with Crippen molar-refractivity contribution in [2.75, 3.05) is 13.2 Å². The number of carboxylic acids is 1. The van der Waals surface area contributed by atoms with Gasteiger partial charge in [0.05, 0.1) is 12.1 Å². The zero-order valence-corrected chi connectivity index (χ0v) is 18.5. The maximum Gasteiger partial charge on any atom is 0.407 e. The van der Waals surface area contributed by atoms with Crippen LogP contribution in [0.1, 0.15) is 49.1 Å². The Morgan fingerprint density at radius 3 is 2.12 bits per heavy atom. The minimum Gasteiger partial charge on any atom is -0.477 e. The molecule has 1 fully saturated rings. The predicted octanol–water partition coefficient (Wildman–Crippen LogP) is 4.06. The molecule has 7 nitrogen and oxygen atoms in total. The molecular weight excluding hydrogens is 446 g/mol. The van der Waals surface area contributed by atoms with Crippen LogP contribution in [0.4, 0.5) is 13.6 Å². The molecule has 2 aliphatic rings. The Hall–Kier alpha value is -3.49. The molecule has 180 valence electrons. The number of carbonyl (C=O) groups is 3. The largest absolute Gasteiger partial charge is 0.477 e. The fraction of sp³-hybridized carbons (Fsp3) is 0.400. The minimum absolute atomic E-state index is 0.112. The van der Waals surface area contributed by atoms with Gasteiger partial charge in [0.2, 0.25) is 5.91 Å². The predicted molar refractivity (Wildman–Crippen MR) is 120 cm³/mol. The van der Waals surface area contributed by atoms with Crippen LogP contribution in [0, 0.1) is 0 Å². The Balaban J connectivity index is 1.38. The molecule has 4 rings (SSSR count). The monoisotopic (exact) mass is 472 g/mol. The van der Waals surface area contributed by atoms with Crippen LogP contribution in [-0.2, 0) is 14.3 Å². The topological polar surface area (TPSA) is 105 Å². The van der Waals surface area contributed by atoms with Gasteiger partial charge >= 0.3 is 18.0 Å². The molecule has 34 heavy (non-hydrogen) atoms. The van der Waals surface area contributed by atoms with Crippen LogP contribution in [0.15, 0.2) is 48.5 Å². The Kier molecular flexibility index (Phi) is 6.54. The number of rotatable bonds is 8. The molecule has 0 unspecified atom stereocenters. The lowest BCUT2D eigenvalue weighted by atomic mass is 9.93. The van der Waals surface area contributed by atoms with Crippen molar-refractivity contribution in [2.45, 2.75) is 49.5 Å². The number of benzene rings is 2. The summed E-state index contributed by atoms with van der Waals surface area (Å²) in [5.41, 5.74) is 3.45. The number of amides is 2. The molecule has 0 spiro atoms. The first-order chi connectivity index (χ1) is 16.2. The van der Waals surface area contributed by atoms with Crippen molar-refractivity contribution in [3.63, 3.8) is 0 Å². The van der Waals surface area contributed by atoms with Crippen molar-refractivity contribution in [1.82, 2.24) is 10.6 Å². The SMILES string of the molecule is O=C(CC1(NC(=O)OCC2c3ccccc3-c3ccccc32)CCCC1)NCC(F)(F)C(=O)O. The molecule has 0 heterocycles. The summed E-state index contributed by atoms with van der Waals surface area (Å²) in [4.78, 5) is 35.5. The fourth-order valence-corrected chi connectivity index (χ4v) is 4.90. The lowest BCUT2D eigenvalue weighted by molar-refractivity contribution is -0.164. The van der Waals surface area contributed by atoms with E-state index in [2.05, 4.69) is 5.32 Å². The number of carboxylic acid groups (broad SMARTS) is 1. The van der Waals surface area contributed by atoms with Crippen LogP contribution in [0.25, 0.3) is 11.1 Å². The third-order valence-electron chi connectivity index (χ3n) is 6.59. The highest BCUT2D eigenvalue weighted by Gasteiger charge is 2.41. The number of ether oxygens (including phenoxy) is 1. The van der Waals surface area contributed by atoms with E-state index in [0.717, 1.165) is 35.1 Å². The van der Waals surface area contributed by atoms with E-state index in [9.17, 15) is 23.2 Å². The highest BCUT2D eigenvalue weighted by atomic mass is 19.3. The second kappa shape index (κ2) is 9.40. The van der Waals surface area contributed by atoms with Crippen molar-refractivity contribution < 1.29 is 33.0 Å². The lowest BCUT2D eigenvalue weighted by Crippen LogP contribution is -2.51. The van der Waals surface area contributed by atoms with Crippen LogP contribution < -0.4 is 10.6 Å². The van der Waals surface area contributed by atoms with Crippen molar-refractivity contribution in [3.8, 4) is 11.1 Å². The molecule has 9 heteroatoms. The van der Waals surface area contributed by atoms with Gasteiger partial charge in [0.1, 0.15) is 6.61 Å². The number of hydrogen-bond acceptors (Lipinski definition) is 4. The maximum atomic E-state index is 13.3. The van der Waals surface area contributed by atoms with E-state index in [-0.39, 0.29) is 18.9 Å². The highest BCUT2D eigenvalue weighted by molar-refractivity contribution is 5.81. The van der Waals surface area contributed by atoms with Gasteiger partial charge in [0.25, 0.3) is 0 Å². The highest BCUT2D eigenvalue weighted by Crippen LogP contribution is 2.44. The van der Waals surface area contributed by atoms with E-state index < -0.39 is 36.0 Å². The fourth-order valence-electron chi connectivity index (χ4n) is 4.90. The third kappa shape index (κ3) is 4.88.